The van der Waals surface area contributed by atoms with Crippen molar-refractivity contribution in [2.75, 3.05) is 6.61 Å². The summed E-state index contributed by atoms with van der Waals surface area (Å²) in [6.07, 6.45) is -0.608. The monoisotopic (exact) mass is 342 g/mol. The average molecular weight is 342 g/mol. The highest BCUT2D eigenvalue weighted by Gasteiger charge is 2.03. The Hall–Kier alpha value is -2.43. The smallest absolute Gasteiger partial charge is 0.333 e. The van der Waals surface area contributed by atoms with Crippen LogP contribution in [0.15, 0.2) is 72.8 Å². The molecule has 0 aliphatic heterocycles. The fraction of sp³-hybridized carbons (Fsp3) is 0.286. The molecule has 134 valence electrons. The van der Waals surface area contributed by atoms with Crippen molar-refractivity contribution >= 4 is 5.97 Å². The van der Waals surface area contributed by atoms with Crippen LogP contribution in [-0.2, 0) is 27.5 Å². The Morgan fingerprint density at radius 1 is 1.00 bits per heavy atom. The van der Waals surface area contributed by atoms with Crippen LogP contribution < -0.4 is 0 Å². The molecule has 0 aromatic heterocycles. The van der Waals surface area contributed by atoms with Crippen molar-refractivity contribution in [2.45, 2.75) is 33.2 Å². The molecule has 0 aliphatic carbocycles. The molecule has 0 bridgehead atoms. The standard InChI is InChI=1S/C14H14O.C7H12O3/c1-3-7-13(8-4-1)11-15-12-14-9-5-2-6-10-14;1-5(2)7(9)10-4-6(3)8/h1-10H,11-12H2;6,8H,1,4H2,2-3H3. The first kappa shape index (κ1) is 20.6. The third kappa shape index (κ3) is 10.1. The van der Waals surface area contributed by atoms with E-state index in [0.717, 1.165) is 0 Å². The predicted octanol–water partition coefficient (Wildman–Crippen LogP) is 3.89. The van der Waals surface area contributed by atoms with Gasteiger partial charge in [-0.25, -0.2) is 4.79 Å². The normalized spacial score (nSPS) is 11.0. The van der Waals surface area contributed by atoms with E-state index in [0.29, 0.717) is 18.8 Å². The van der Waals surface area contributed by atoms with Crippen molar-refractivity contribution in [3.63, 3.8) is 0 Å². The largest absolute Gasteiger partial charge is 0.460 e. The number of carbonyl (C=O) groups is 1. The van der Waals surface area contributed by atoms with Crippen LogP contribution in [0.1, 0.15) is 25.0 Å². The molecule has 0 heterocycles. The van der Waals surface area contributed by atoms with Gasteiger partial charge in [0.05, 0.1) is 19.3 Å². The highest BCUT2D eigenvalue weighted by molar-refractivity contribution is 5.86. The average Bonchev–Trinajstić information content (AvgIpc) is 2.62. The lowest BCUT2D eigenvalue weighted by Gasteiger charge is -2.04. The van der Waals surface area contributed by atoms with Gasteiger partial charge in [-0.05, 0) is 25.0 Å². The lowest BCUT2D eigenvalue weighted by molar-refractivity contribution is -0.141. The third-order valence-electron chi connectivity index (χ3n) is 3.03. The van der Waals surface area contributed by atoms with E-state index in [2.05, 4.69) is 35.6 Å². The van der Waals surface area contributed by atoms with Crippen molar-refractivity contribution in [3.05, 3.63) is 83.9 Å². The highest BCUT2D eigenvalue weighted by Crippen LogP contribution is 2.05. The molecule has 0 amide bonds. The Bertz CT molecular complexity index is 581. The first-order chi connectivity index (χ1) is 12.0. The molecule has 2 aromatic carbocycles. The van der Waals surface area contributed by atoms with Gasteiger partial charge < -0.3 is 14.6 Å². The van der Waals surface area contributed by atoms with Gasteiger partial charge in [-0.3, -0.25) is 0 Å². The molecule has 0 aliphatic rings. The van der Waals surface area contributed by atoms with E-state index >= 15 is 0 Å². The second-order valence-electron chi connectivity index (χ2n) is 5.69. The number of ether oxygens (including phenoxy) is 2. The molecule has 2 aromatic rings. The second-order valence-corrected chi connectivity index (χ2v) is 5.69. The molecule has 1 atom stereocenters. The molecular formula is C21H26O4. The molecule has 0 spiro atoms. The SMILES string of the molecule is C=C(C)C(=O)OCC(C)O.c1ccc(COCc2ccccc2)cc1. The first-order valence-electron chi connectivity index (χ1n) is 8.15. The number of carbonyl (C=O) groups excluding carboxylic acids is 1. The van der Waals surface area contributed by atoms with Crippen LogP contribution >= 0.6 is 0 Å². The Balaban J connectivity index is 0.000000275. The van der Waals surface area contributed by atoms with Gasteiger partial charge in [0.2, 0.25) is 0 Å². The minimum absolute atomic E-state index is 0.0334. The second kappa shape index (κ2) is 12.0. The van der Waals surface area contributed by atoms with Crippen molar-refractivity contribution < 1.29 is 19.4 Å². The van der Waals surface area contributed by atoms with Crippen molar-refractivity contribution in [1.82, 2.24) is 0 Å². The summed E-state index contributed by atoms with van der Waals surface area (Å²) in [6, 6.07) is 20.4. The maximum atomic E-state index is 10.6. The van der Waals surface area contributed by atoms with Gasteiger partial charge >= 0.3 is 5.97 Å². The van der Waals surface area contributed by atoms with Crippen LogP contribution in [0.5, 0.6) is 0 Å². The topological polar surface area (TPSA) is 55.8 Å². The Kier molecular flexibility index (Phi) is 9.90. The van der Waals surface area contributed by atoms with Crippen molar-refractivity contribution in [2.24, 2.45) is 0 Å². The Morgan fingerprint density at radius 2 is 1.44 bits per heavy atom. The van der Waals surface area contributed by atoms with E-state index in [1.54, 1.807) is 13.8 Å². The maximum Gasteiger partial charge on any atom is 0.333 e. The third-order valence-corrected chi connectivity index (χ3v) is 3.03. The molecule has 0 radical (unpaired) electrons. The molecule has 0 saturated carbocycles. The molecule has 0 fully saturated rings. The number of rotatable bonds is 7. The highest BCUT2D eigenvalue weighted by atomic mass is 16.5. The summed E-state index contributed by atoms with van der Waals surface area (Å²) >= 11 is 0. The number of aliphatic hydroxyl groups excluding tert-OH is 1. The minimum Gasteiger partial charge on any atom is -0.460 e. The summed E-state index contributed by atoms with van der Waals surface area (Å²) in [5, 5.41) is 8.68. The van der Waals surface area contributed by atoms with Gasteiger partial charge in [-0.2, -0.15) is 0 Å². The van der Waals surface area contributed by atoms with Crippen LogP contribution in [0, 0.1) is 0 Å². The van der Waals surface area contributed by atoms with E-state index in [4.69, 9.17) is 9.84 Å². The number of hydrogen-bond acceptors (Lipinski definition) is 4. The van der Waals surface area contributed by atoms with Gasteiger partial charge in [0.1, 0.15) is 6.61 Å². The summed E-state index contributed by atoms with van der Waals surface area (Å²) < 4.78 is 10.2. The number of benzene rings is 2. The van der Waals surface area contributed by atoms with Crippen LogP contribution in [0.3, 0.4) is 0 Å². The summed E-state index contributed by atoms with van der Waals surface area (Å²) in [5.41, 5.74) is 2.78. The number of aliphatic hydroxyl groups is 1. The maximum absolute atomic E-state index is 10.6. The van der Waals surface area contributed by atoms with Gasteiger partial charge in [0.25, 0.3) is 0 Å². The molecule has 4 nitrogen and oxygen atoms in total. The predicted molar refractivity (Wildman–Crippen MR) is 98.8 cm³/mol. The van der Waals surface area contributed by atoms with Crippen LogP contribution in [0.4, 0.5) is 0 Å². The Morgan fingerprint density at radius 3 is 1.80 bits per heavy atom. The molecule has 1 unspecified atom stereocenters. The van der Waals surface area contributed by atoms with Gasteiger partial charge in [-0.15, -0.1) is 0 Å². The number of esters is 1. The lowest BCUT2D eigenvalue weighted by atomic mass is 10.2. The molecular weight excluding hydrogens is 316 g/mol. The first-order valence-corrected chi connectivity index (χ1v) is 8.15. The number of hydrogen-bond donors (Lipinski definition) is 1. The molecule has 0 saturated heterocycles. The van der Waals surface area contributed by atoms with E-state index < -0.39 is 12.1 Å². The zero-order chi connectivity index (χ0) is 18.5. The van der Waals surface area contributed by atoms with Gasteiger partial charge in [-0.1, -0.05) is 67.2 Å². The van der Waals surface area contributed by atoms with Crippen LogP contribution in [-0.4, -0.2) is 23.8 Å². The fourth-order valence-corrected chi connectivity index (χ4v) is 1.75. The molecule has 1 N–H and O–H groups in total. The van der Waals surface area contributed by atoms with Crippen molar-refractivity contribution in [1.29, 1.82) is 0 Å². The zero-order valence-electron chi connectivity index (χ0n) is 14.9. The Labute approximate surface area is 149 Å². The summed E-state index contributed by atoms with van der Waals surface area (Å²) in [4.78, 5) is 10.6. The minimum atomic E-state index is -0.608. The van der Waals surface area contributed by atoms with Gasteiger partial charge in [0.15, 0.2) is 0 Å². The summed E-state index contributed by atoms with van der Waals surface area (Å²) in [7, 11) is 0. The summed E-state index contributed by atoms with van der Waals surface area (Å²) in [6.45, 7) is 7.87. The van der Waals surface area contributed by atoms with Crippen molar-refractivity contribution in [3.8, 4) is 0 Å². The van der Waals surface area contributed by atoms with Gasteiger partial charge in [0, 0.05) is 5.57 Å². The van der Waals surface area contributed by atoms with E-state index in [1.165, 1.54) is 11.1 Å². The molecule has 2 rings (SSSR count). The lowest BCUT2D eigenvalue weighted by Crippen LogP contribution is -2.15. The molecule has 25 heavy (non-hydrogen) atoms. The zero-order valence-corrected chi connectivity index (χ0v) is 14.9. The van der Waals surface area contributed by atoms with E-state index in [9.17, 15) is 4.79 Å². The van der Waals surface area contributed by atoms with E-state index in [1.807, 2.05) is 36.4 Å². The summed E-state index contributed by atoms with van der Waals surface area (Å²) in [5.74, 6) is -0.457. The van der Waals surface area contributed by atoms with E-state index in [-0.39, 0.29) is 6.61 Å². The quantitative estimate of drug-likeness (QED) is 0.613. The van der Waals surface area contributed by atoms with Crippen LogP contribution in [0.25, 0.3) is 0 Å². The van der Waals surface area contributed by atoms with Crippen LogP contribution in [0.2, 0.25) is 0 Å². The fourth-order valence-electron chi connectivity index (χ4n) is 1.75. The molecule has 4 heteroatoms.